The smallest absolute Gasteiger partial charge is 0.422 e. The van der Waals surface area contributed by atoms with Gasteiger partial charge in [0, 0.05) is 12.2 Å². The summed E-state index contributed by atoms with van der Waals surface area (Å²) >= 11 is 0. The molecule has 1 aromatic carbocycles. The largest absolute Gasteiger partial charge is 0.484 e. The van der Waals surface area contributed by atoms with Gasteiger partial charge in [-0.3, -0.25) is 4.79 Å². The highest BCUT2D eigenvalue weighted by molar-refractivity contribution is 5.95. The topological polar surface area (TPSA) is 64.4 Å². The quantitative estimate of drug-likeness (QED) is 0.762. The van der Waals surface area contributed by atoms with E-state index in [1.54, 1.807) is 13.0 Å². The number of nitrogens with two attached hydrogens (primary N) is 1. The second kappa shape index (κ2) is 9.13. The third kappa shape index (κ3) is 5.87. The van der Waals surface area contributed by atoms with Crippen molar-refractivity contribution >= 4 is 24.0 Å². The van der Waals surface area contributed by atoms with Gasteiger partial charge in [0.15, 0.2) is 6.61 Å². The van der Waals surface area contributed by atoms with Crippen molar-refractivity contribution in [2.45, 2.75) is 39.8 Å². The minimum absolute atomic E-state index is 0. The van der Waals surface area contributed by atoms with Crippen molar-refractivity contribution in [3.05, 3.63) is 23.8 Å². The number of anilines is 1. The number of rotatable bonds is 7. The van der Waals surface area contributed by atoms with Crippen molar-refractivity contribution in [1.82, 2.24) is 0 Å². The number of nitrogens with one attached hydrogen (secondary N) is 1. The van der Waals surface area contributed by atoms with E-state index in [4.69, 9.17) is 10.5 Å². The molecular formula is C16H24ClF3N2O2. The molecule has 0 saturated carbocycles. The number of carbonyl (C=O) groups excluding carboxylic acids is 1. The predicted molar refractivity (Wildman–Crippen MR) is 90.7 cm³/mol. The zero-order chi connectivity index (χ0) is 17.7. The average Bonchev–Trinajstić information content (AvgIpc) is 2.48. The zero-order valence-corrected chi connectivity index (χ0v) is 14.8. The molecule has 0 aromatic heterocycles. The van der Waals surface area contributed by atoms with Gasteiger partial charge < -0.3 is 15.8 Å². The van der Waals surface area contributed by atoms with Gasteiger partial charge in [0.1, 0.15) is 5.75 Å². The highest BCUT2D eigenvalue weighted by Gasteiger charge is 2.33. The van der Waals surface area contributed by atoms with Crippen LogP contribution in [0.2, 0.25) is 0 Å². The van der Waals surface area contributed by atoms with Crippen LogP contribution in [0.25, 0.3) is 0 Å². The molecule has 0 atom stereocenters. The second-order valence-electron chi connectivity index (χ2n) is 5.53. The summed E-state index contributed by atoms with van der Waals surface area (Å²) in [7, 11) is 0. The second-order valence-corrected chi connectivity index (χ2v) is 5.53. The van der Waals surface area contributed by atoms with E-state index >= 15 is 0 Å². The number of hydrogen-bond donors (Lipinski definition) is 2. The lowest BCUT2D eigenvalue weighted by molar-refractivity contribution is -0.153. The molecule has 0 heterocycles. The maximum Gasteiger partial charge on any atom is 0.422 e. The molecule has 4 nitrogen and oxygen atoms in total. The summed E-state index contributed by atoms with van der Waals surface area (Å²) in [5, 5.41) is 2.78. The first kappa shape index (κ1) is 22.5. The molecule has 1 aromatic rings. The minimum atomic E-state index is -4.39. The van der Waals surface area contributed by atoms with Crippen LogP contribution in [-0.4, -0.2) is 25.2 Å². The summed E-state index contributed by atoms with van der Waals surface area (Å²) in [6.45, 7) is 4.31. The van der Waals surface area contributed by atoms with E-state index in [0.29, 0.717) is 24.1 Å². The maximum atomic E-state index is 12.4. The summed E-state index contributed by atoms with van der Waals surface area (Å²) < 4.78 is 41.3. The molecule has 24 heavy (non-hydrogen) atoms. The Kier molecular flexibility index (Phi) is 8.57. The molecule has 1 amide bonds. The van der Waals surface area contributed by atoms with Crippen molar-refractivity contribution in [1.29, 1.82) is 0 Å². The van der Waals surface area contributed by atoms with E-state index in [0.717, 1.165) is 0 Å². The average molecular weight is 369 g/mol. The Morgan fingerprint density at radius 1 is 1.25 bits per heavy atom. The number of amides is 1. The third-order valence-corrected chi connectivity index (χ3v) is 4.05. The molecule has 1 rings (SSSR count). The van der Waals surface area contributed by atoms with Crippen molar-refractivity contribution in [3.8, 4) is 5.75 Å². The Balaban J connectivity index is 0.00000529. The molecule has 0 unspecified atom stereocenters. The Labute approximate surface area is 146 Å². The van der Waals surface area contributed by atoms with E-state index in [9.17, 15) is 18.0 Å². The molecule has 0 fully saturated rings. The molecule has 0 bridgehead atoms. The zero-order valence-electron chi connectivity index (χ0n) is 14.0. The van der Waals surface area contributed by atoms with Crippen LogP contribution in [-0.2, 0) is 4.79 Å². The highest BCUT2D eigenvalue weighted by Crippen LogP contribution is 2.29. The number of halogens is 4. The van der Waals surface area contributed by atoms with Gasteiger partial charge in [0.05, 0.1) is 5.41 Å². The van der Waals surface area contributed by atoms with Gasteiger partial charge in [0.2, 0.25) is 5.91 Å². The Bertz CT molecular complexity index is 538. The van der Waals surface area contributed by atoms with Gasteiger partial charge in [-0.15, -0.1) is 12.4 Å². The first-order valence-electron chi connectivity index (χ1n) is 7.49. The minimum Gasteiger partial charge on any atom is -0.484 e. The third-order valence-electron chi connectivity index (χ3n) is 4.05. The molecule has 3 N–H and O–H groups in total. The van der Waals surface area contributed by atoms with Crippen LogP contribution in [0.15, 0.2) is 18.2 Å². The first-order valence-corrected chi connectivity index (χ1v) is 7.49. The van der Waals surface area contributed by atoms with Crippen LogP contribution in [0.5, 0.6) is 5.75 Å². The molecule has 138 valence electrons. The predicted octanol–water partition coefficient (Wildman–Crippen LogP) is 4.06. The van der Waals surface area contributed by atoms with E-state index in [1.165, 1.54) is 12.1 Å². The number of benzene rings is 1. The fraction of sp³-hybridized carbons (Fsp3) is 0.562. The van der Waals surface area contributed by atoms with Crippen molar-refractivity contribution in [3.63, 3.8) is 0 Å². The van der Waals surface area contributed by atoms with E-state index < -0.39 is 18.2 Å². The van der Waals surface area contributed by atoms with Crippen LogP contribution in [0.1, 0.15) is 32.3 Å². The summed E-state index contributed by atoms with van der Waals surface area (Å²) in [5.41, 5.74) is 6.11. The molecular weight excluding hydrogens is 345 g/mol. The first-order chi connectivity index (χ1) is 10.7. The Hall–Kier alpha value is -1.47. The van der Waals surface area contributed by atoms with E-state index in [1.807, 2.05) is 13.8 Å². The van der Waals surface area contributed by atoms with Crippen molar-refractivity contribution in [2.75, 3.05) is 18.5 Å². The number of carbonyl (C=O) groups is 1. The van der Waals surface area contributed by atoms with E-state index in [2.05, 4.69) is 5.32 Å². The van der Waals surface area contributed by atoms with E-state index in [-0.39, 0.29) is 30.6 Å². The van der Waals surface area contributed by atoms with Gasteiger partial charge in [-0.25, -0.2) is 0 Å². The normalized spacial score (nSPS) is 11.6. The Morgan fingerprint density at radius 2 is 1.83 bits per heavy atom. The molecule has 0 saturated heterocycles. The van der Waals surface area contributed by atoms with Gasteiger partial charge in [-0.05, 0) is 43.5 Å². The number of ether oxygens (including phenoxy) is 1. The summed E-state index contributed by atoms with van der Waals surface area (Å²) in [5.74, 6) is -0.0512. The lowest BCUT2D eigenvalue weighted by Crippen LogP contribution is -2.41. The molecule has 0 spiro atoms. The Morgan fingerprint density at radius 3 is 2.25 bits per heavy atom. The summed E-state index contributed by atoms with van der Waals surface area (Å²) in [6.07, 6.45) is -3.17. The van der Waals surface area contributed by atoms with Gasteiger partial charge in [-0.1, -0.05) is 13.8 Å². The van der Waals surface area contributed by atoms with Crippen LogP contribution in [0.3, 0.4) is 0 Å². The summed E-state index contributed by atoms with van der Waals surface area (Å²) in [4.78, 5) is 12.4. The molecule has 0 aliphatic heterocycles. The monoisotopic (exact) mass is 368 g/mol. The lowest BCUT2D eigenvalue weighted by Gasteiger charge is -2.28. The highest BCUT2D eigenvalue weighted by atomic mass is 35.5. The molecule has 0 aliphatic carbocycles. The number of hydrogen-bond acceptors (Lipinski definition) is 3. The molecule has 8 heteroatoms. The van der Waals surface area contributed by atoms with Gasteiger partial charge in [-0.2, -0.15) is 13.2 Å². The van der Waals surface area contributed by atoms with Crippen LogP contribution in [0.4, 0.5) is 18.9 Å². The van der Waals surface area contributed by atoms with Crippen molar-refractivity contribution in [2.24, 2.45) is 11.1 Å². The maximum absolute atomic E-state index is 12.4. The fourth-order valence-corrected chi connectivity index (χ4v) is 2.26. The van der Waals surface area contributed by atoms with Crippen LogP contribution in [0, 0.1) is 12.3 Å². The number of alkyl halides is 3. The van der Waals surface area contributed by atoms with Crippen LogP contribution >= 0.6 is 12.4 Å². The molecule has 0 radical (unpaired) electrons. The number of aryl methyl sites for hydroxylation is 1. The SMILES string of the molecule is CCC(CC)(CN)C(=O)Nc1ccc(OCC(F)(F)F)c(C)c1.Cl. The van der Waals surface area contributed by atoms with Crippen LogP contribution < -0.4 is 15.8 Å². The van der Waals surface area contributed by atoms with Gasteiger partial charge in [0.25, 0.3) is 0 Å². The van der Waals surface area contributed by atoms with Crippen molar-refractivity contribution < 1.29 is 22.7 Å². The lowest BCUT2D eigenvalue weighted by atomic mass is 9.81. The van der Waals surface area contributed by atoms with Gasteiger partial charge >= 0.3 is 6.18 Å². The summed E-state index contributed by atoms with van der Waals surface area (Å²) in [6, 6.07) is 4.51. The fourth-order valence-electron chi connectivity index (χ4n) is 2.26. The standard InChI is InChI=1S/C16H23F3N2O2.ClH/c1-4-15(5-2,9-20)14(22)21-12-6-7-13(11(3)8-12)23-10-16(17,18)19;/h6-8H,4-5,9-10,20H2,1-3H3,(H,21,22);1H. The molecule has 0 aliphatic rings.